The Balaban J connectivity index is 1.67. The Morgan fingerprint density at radius 3 is 2.47 bits per heavy atom. The van der Waals surface area contributed by atoms with Crippen molar-refractivity contribution in [3.63, 3.8) is 0 Å². The molecular weight excluding hydrogens is 383 g/mol. The third kappa shape index (κ3) is 4.29. The lowest BCUT2D eigenvalue weighted by atomic mass is 9.87. The lowest BCUT2D eigenvalue weighted by Gasteiger charge is -2.41. The summed E-state index contributed by atoms with van der Waals surface area (Å²) in [5, 5.41) is 3.23. The van der Waals surface area contributed by atoms with Gasteiger partial charge in [0.1, 0.15) is 5.82 Å². The molecule has 0 radical (unpaired) electrons. The van der Waals surface area contributed by atoms with Crippen molar-refractivity contribution in [2.75, 3.05) is 20.8 Å². The Kier molecular flexibility index (Phi) is 5.95. The number of fused-ring (bicyclic) bond motifs is 1. The van der Waals surface area contributed by atoms with Crippen LogP contribution < -0.4 is 14.8 Å². The van der Waals surface area contributed by atoms with Gasteiger partial charge in [0.25, 0.3) is 0 Å². The zero-order valence-corrected chi connectivity index (χ0v) is 17.8. The van der Waals surface area contributed by atoms with Crippen molar-refractivity contribution >= 4 is 5.91 Å². The van der Waals surface area contributed by atoms with Crippen LogP contribution in [0.4, 0.5) is 4.39 Å². The summed E-state index contributed by atoms with van der Waals surface area (Å²) in [6.45, 7) is 3.59. The zero-order chi connectivity index (χ0) is 21.3. The molecular formula is C24H29FN2O3. The van der Waals surface area contributed by atoms with Crippen molar-refractivity contribution in [3.05, 3.63) is 58.9 Å². The molecule has 30 heavy (non-hydrogen) atoms. The molecule has 5 nitrogen and oxygen atoms in total. The van der Waals surface area contributed by atoms with E-state index in [9.17, 15) is 9.18 Å². The molecule has 6 heteroatoms. The van der Waals surface area contributed by atoms with Crippen molar-refractivity contribution in [1.29, 1.82) is 0 Å². The molecule has 1 saturated carbocycles. The van der Waals surface area contributed by atoms with E-state index < -0.39 is 0 Å². The molecule has 160 valence electrons. The second-order valence-corrected chi connectivity index (χ2v) is 8.27. The average Bonchev–Trinajstić information content (AvgIpc) is 3.59. The van der Waals surface area contributed by atoms with E-state index >= 15 is 0 Å². The summed E-state index contributed by atoms with van der Waals surface area (Å²) >= 11 is 0. The van der Waals surface area contributed by atoms with Gasteiger partial charge in [-0.3, -0.25) is 9.69 Å². The van der Waals surface area contributed by atoms with E-state index in [2.05, 4.69) is 17.1 Å². The molecule has 2 aliphatic rings. The highest BCUT2D eigenvalue weighted by Crippen LogP contribution is 2.40. The number of halogens is 1. The SMILES string of the molecule is COc1cc2c(cc1OC)C(C(C)NC(=O)C1CC1)N(Cc1ccc(F)cc1)CC2. The number of ether oxygens (including phenoxy) is 2. The van der Waals surface area contributed by atoms with Gasteiger partial charge in [0.2, 0.25) is 5.91 Å². The predicted octanol–water partition coefficient (Wildman–Crippen LogP) is 3.86. The number of methoxy groups -OCH3 is 2. The molecule has 1 aliphatic heterocycles. The Morgan fingerprint density at radius 2 is 1.83 bits per heavy atom. The van der Waals surface area contributed by atoms with E-state index in [1.165, 1.54) is 17.7 Å². The number of nitrogens with zero attached hydrogens (tertiary/aromatic N) is 1. The zero-order valence-electron chi connectivity index (χ0n) is 17.8. The number of nitrogens with one attached hydrogen (secondary N) is 1. The predicted molar refractivity (Wildman–Crippen MR) is 113 cm³/mol. The molecule has 1 amide bonds. The third-order valence-electron chi connectivity index (χ3n) is 6.12. The van der Waals surface area contributed by atoms with Crippen molar-refractivity contribution in [2.24, 2.45) is 5.92 Å². The van der Waals surface area contributed by atoms with Crippen LogP contribution in [-0.2, 0) is 17.8 Å². The summed E-state index contributed by atoms with van der Waals surface area (Å²) in [6, 6.07) is 10.6. The van der Waals surface area contributed by atoms with E-state index in [1.807, 2.05) is 24.3 Å². The smallest absolute Gasteiger partial charge is 0.223 e. The minimum Gasteiger partial charge on any atom is -0.493 e. The number of carbonyl (C=O) groups excluding carboxylic acids is 1. The van der Waals surface area contributed by atoms with Crippen LogP contribution in [0.1, 0.15) is 42.5 Å². The first-order chi connectivity index (χ1) is 14.5. The standard InChI is InChI=1S/C24H29FN2O3/c1-15(26-24(28)17-6-7-17)23-20-13-22(30-3)21(29-2)12-18(20)10-11-27(23)14-16-4-8-19(25)9-5-16/h4-5,8-9,12-13,15,17,23H,6-7,10-11,14H2,1-3H3,(H,26,28). The lowest BCUT2D eigenvalue weighted by molar-refractivity contribution is -0.123. The molecule has 0 aromatic heterocycles. The van der Waals surface area contributed by atoms with Crippen molar-refractivity contribution in [3.8, 4) is 11.5 Å². The van der Waals surface area contributed by atoms with E-state index in [4.69, 9.17) is 9.47 Å². The molecule has 1 heterocycles. The number of hydrogen-bond acceptors (Lipinski definition) is 4. The maximum absolute atomic E-state index is 13.4. The maximum atomic E-state index is 13.4. The second kappa shape index (κ2) is 8.64. The molecule has 0 spiro atoms. The Bertz CT molecular complexity index is 911. The fourth-order valence-electron chi connectivity index (χ4n) is 4.38. The summed E-state index contributed by atoms with van der Waals surface area (Å²) in [5.74, 6) is 1.46. The van der Waals surface area contributed by atoms with Crippen LogP contribution in [0.25, 0.3) is 0 Å². The highest BCUT2D eigenvalue weighted by molar-refractivity contribution is 5.81. The normalized spacial score (nSPS) is 19.7. The van der Waals surface area contributed by atoms with Crippen LogP contribution in [0.5, 0.6) is 11.5 Å². The van der Waals surface area contributed by atoms with E-state index in [0.717, 1.165) is 42.7 Å². The highest BCUT2D eigenvalue weighted by atomic mass is 19.1. The Morgan fingerprint density at radius 1 is 1.17 bits per heavy atom. The Hall–Kier alpha value is -2.60. The quantitative estimate of drug-likeness (QED) is 0.750. The topological polar surface area (TPSA) is 50.8 Å². The summed E-state index contributed by atoms with van der Waals surface area (Å²) in [7, 11) is 3.28. The number of rotatable bonds is 7. The molecule has 2 aromatic rings. The number of amides is 1. The molecule has 2 atom stereocenters. The third-order valence-corrected chi connectivity index (χ3v) is 6.12. The van der Waals surface area contributed by atoms with E-state index in [-0.39, 0.29) is 29.7 Å². The molecule has 1 fully saturated rings. The summed E-state index contributed by atoms with van der Waals surface area (Å²) in [4.78, 5) is 14.8. The van der Waals surface area contributed by atoms with Gasteiger partial charge in [-0.1, -0.05) is 12.1 Å². The van der Waals surface area contributed by atoms with Gasteiger partial charge in [0, 0.05) is 25.0 Å². The fraction of sp³-hybridized carbons (Fsp3) is 0.458. The van der Waals surface area contributed by atoms with Crippen LogP contribution >= 0.6 is 0 Å². The van der Waals surface area contributed by atoms with Gasteiger partial charge < -0.3 is 14.8 Å². The van der Waals surface area contributed by atoms with E-state index in [1.54, 1.807) is 14.2 Å². The average molecular weight is 413 g/mol. The summed E-state index contributed by atoms with van der Waals surface area (Å²) in [6.07, 6.45) is 2.82. The van der Waals surface area contributed by atoms with Gasteiger partial charge in [0.05, 0.1) is 20.3 Å². The summed E-state index contributed by atoms with van der Waals surface area (Å²) < 4.78 is 24.4. The van der Waals surface area contributed by atoms with Crippen molar-refractivity contribution < 1.29 is 18.7 Å². The van der Waals surface area contributed by atoms with Crippen LogP contribution in [0.15, 0.2) is 36.4 Å². The molecule has 4 rings (SSSR count). The molecule has 0 bridgehead atoms. The van der Waals surface area contributed by atoms with Gasteiger partial charge in [-0.15, -0.1) is 0 Å². The molecule has 0 saturated heterocycles. The van der Waals surface area contributed by atoms with E-state index in [0.29, 0.717) is 12.3 Å². The minimum atomic E-state index is -0.235. The van der Waals surface area contributed by atoms with Crippen LogP contribution in [0, 0.1) is 11.7 Å². The first-order valence-corrected chi connectivity index (χ1v) is 10.5. The lowest BCUT2D eigenvalue weighted by Crippen LogP contribution is -2.47. The van der Waals surface area contributed by atoms with Gasteiger partial charge in [-0.05, 0) is 67.1 Å². The van der Waals surface area contributed by atoms with Crippen molar-refractivity contribution in [2.45, 2.75) is 44.8 Å². The fourth-order valence-corrected chi connectivity index (χ4v) is 4.38. The van der Waals surface area contributed by atoms with Gasteiger partial charge >= 0.3 is 0 Å². The van der Waals surface area contributed by atoms with Crippen LogP contribution in [0.3, 0.4) is 0 Å². The molecule has 1 N–H and O–H groups in total. The molecule has 2 aromatic carbocycles. The molecule has 2 unspecified atom stereocenters. The molecule has 1 aliphatic carbocycles. The van der Waals surface area contributed by atoms with Gasteiger partial charge in [0.15, 0.2) is 11.5 Å². The summed E-state index contributed by atoms with van der Waals surface area (Å²) in [5.41, 5.74) is 3.40. The van der Waals surface area contributed by atoms with Crippen LogP contribution in [-0.4, -0.2) is 37.6 Å². The monoisotopic (exact) mass is 412 g/mol. The van der Waals surface area contributed by atoms with Crippen molar-refractivity contribution in [1.82, 2.24) is 10.2 Å². The largest absolute Gasteiger partial charge is 0.493 e. The number of hydrogen-bond donors (Lipinski definition) is 1. The first kappa shape index (κ1) is 20.7. The van der Waals surface area contributed by atoms with Crippen LogP contribution in [0.2, 0.25) is 0 Å². The number of benzene rings is 2. The number of carbonyl (C=O) groups is 1. The minimum absolute atomic E-state index is 0.0127. The van der Waals surface area contributed by atoms with Gasteiger partial charge in [-0.2, -0.15) is 0 Å². The maximum Gasteiger partial charge on any atom is 0.223 e. The second-order valence-electron chi connectivity index (χ2n) is 8.27. The first-order valence-electron chi connectivity index (χ1n) is 10.5. The Labute approximate surface area is 177 Å². The van der Waals surface area contributed by atoms with Gasteiger partial charge in [-0.25, -0.2) is 4.39 Å². The highest BCUT2D eigenvalue weighted by Gasteiger charge is 2.36.